The molecule has 4 heteroatoms. The minimum absolute atomic E-state index is 0.0621. The fourth-order valence-electron chi connectivity index (χ4n) is 1.94. The van der Waals surface area contributed by atoms with Gasteiger partial charge in [0.1, 0.15) is 5.78 Å². The first kappa shape index (κ1) is 15.3. The largest absolute Gasteiger partial charge is 0.327 e. The van der Waals surface area contributed by atoms with Gasteiger partial charge in [0.05, 0.1) is 0 Å². The molecule has 0 fully saturated rings. The van der Waals surface area contributed by atoms with E-state index in [-0.39, 0.29) is 17.2 Å². The van der Waals surface area contributed by atoms with Crippen LogP contribution in [0.25, 0.3) is 0 Å². The highest BCUT2D eigenvalue weighted by molar-refractivity contribution is 9.10. The Morgan fingerprint density at radius 1 is 1.44 bits per heavy atom. The molecule has 1 unspecified atom stereocenters. The van der Waals surface area contributed by atoms with Crippen molar-refractivity contribution in [2.24, 2.45) is 11.1 Å². The lowest BCUT2D eigenvalue weighted by atomic mass is 9.86. The maximum absolute atomic E-state index is 11.9. The van der Waals surface area contributed by atoms with Crippen molar-refractivity contribution in [3.63, 3.8) is 0 Å². The highest BCUT2D eigenvalue weighted by atomic mass is 79.9. The van der Waals surface area contributed by atoms with Crippen LogP contribution in [0.3, 0.4) is 0 Å². The molecule has 0 amide bonds. The maximum atomic E-state index is 11.9. The van der Waals surface area contributed by atoms with E-state index in [1.165, 1.54) is 0 Å². The summed E-state index contributed by atoms with van der Waals surface area (Å²) in [5.74, 6) is 0.154. The van der Waals surface area contributed by atoms with Gasteiger partial charge in [-0.15, -0.1) is 0 Å². The van der Waals surface area contributed by atoms with Crippen molar-refractivity contribution >= 4 is 21.7 Å². The molecule has 1 atom stereocenters. The van der Waals surface area contributed by atoms with Crippen LogP contribution in [0.15, 0.2) is 22.8 Å². The van der Waals surface area contributed by atoms with E-state index in [2.05, 4.69) is 41.7 Å². The lowest BCUT2D eigenvalue weighted by Gasteiger charge is -2.22. The zero-order valence-electron chi connectivity index (χ0n) is 11.2. The molecule has 2 N–H and O–H groups in total. The summed E-state index contributed by atoms with van der Waals surface area (Å²) in [5, 5.41) is 0. The van der Waals surface area contributed by atoms with Crippen LogP contribution in [0.2, 0.25) is 0 Å². The van der Waals surface area contributed by atoms with E-state index in [1.807, 2.05) is 12.1 Å². The van der Waals surface area contributed by atoms with Gasteiger partial charge in [0.25, 0.3) is 0 Å². The number of carbonyl (C=O) groups is 1. The Morgan fingerprint density at radius 2 is 2.11 bits per heavy atom. The van der Waals surface area contributed by atoms with Crippen molar-refractivity contribution in [3.05, 3.63) is 28.5 Å². The lowest BCUT2D eigenvalue weighted by molar-refractivity contribution is -0.118. The summed E-state index contributed by atoms with van der Waals surface area (Å²) < 4.78 is 0.920. The van der Waals surface area contributed by atoms with Gasteiger partial charge in [-0.05, 0) is 39.9 Å². The number of carbonyl (C=O) groups excluding carboxylic acids is 1. The molecule has 0 aliphatic heterocycles. The molecular formula is C14H21BrN2O. The number of ketones is 1. The predicted octanol–water partition coefficient (Wildman–Crippen LogP) is 3.11. The molecular weight excluding hydrogens is 292 g/mol. The lowest BCUT2D eigenvalue weighted by Crippen LogP contribution is -2.29. The van der Waals surface area contributed by atoms with Gasteiger partial charge in [-0.3, -0.25) is 9.78 Å². The first-order valence-electron chi connectivity index (χ1n) is 6.14. The molecule has 1 rings (SSSR count). The molecule has 0 radical (unpaired) electrons. The van der Waals surface area contributed by atoms with Crippen LogP contribution in [0.5, 0.6) is 0 Å². The number of Topliss-reactive ketones (excluding diaryl/α,β-unsaturated/α-hetero) is 1. The summed E-state index contributed by atoms with van der Waals surface area (Å²) >= 11 is 3.32. The van der Waals surface area contributed by atoms with Crippen LogP contribution in [0.4, 0.5) is 0 Å². The molecule has 3 nitrogen and oxygen atoms in total. The predicted molar refractivity (Wildman–Crippen MR) is 77.3 cm³/mol. The Bertz CT molecular complexity index is 395. The molecule has 1 aromatic heterocycles. The van der Waals surface area contributed by atoms with Crippen molar-refractivity contribution in [1.82, 2.24) is 4.98 Å². The molecule has 1 heterocycles. The van der Waals surface area contributed by atoms with Gasteiger partial charge in [-0.25, -0.2) is 0 Å². The van der Waals surface area contributed by atoms with Crippen LogP contribution in [-0.4, -0.2) is 16.8 Å². The molecule has 0 aliphatic rings. The van der Waals surface area contributed by atoms with E-state index in [4.69, 9.17) is 5.73 Å². The summed E-state index contributed by atoms with van der Waals surface area (Å²) in [7, 11) is 0. The second-order valence-electron chi connectivity index (χ2n) is 5.91. The van der Waals surface area contributed by atoms with E-state index in [0.29, 0.717) is 12.8 Å². The molecule has 0 saturated heterocycles. The Hall–Kier alpha value is -0.740. The average molecular weight is 313 g/mol. The summed E-state index contributed by atoms with van der Waals surface area (Å²) in [6.45, 7) is 6.40. The highest BCUT2D eigenvalue weighted by Crippen LogP contribution is 2.21. The molecule has 0 aliphatic carbocycles. The normalized spacial score (nSPS) is 13.4. The van der Waals surface area contributed by atoms with E-state index < -0.39 is 0 Å². The van der Waals surface area contributed by atoms with Crippen LogP contribution in [0, 0.1) is 5.41 Å². The first-order valence-corrected chi connectivity index (χ1v) is 6.93. The number of halogens is 1. The van der Waals surface area contributed by atoms with Gasteiger partial charge in [0.15, 0.2) is 0 Å². The molecule has 0 saturated carbocycles. The van der Waals surface area contributed by atoms with Gasteiger partial charge >= 0.3 is 0 Å². The van der Waals surface area contributed by atoms with Crippen LogP contribution < -0.4 is 5.73 Å². The Morgan fingerprint density at radius 3 is 2.61 bits per heavy atom. The maximum Gasteiger partial charge on any atom is 0.140 e. The SMILES string of the molecule is CC(C)(C)CC(N)CC(=O)Cc1ccc(Br)cn1. The van der Waals surface area contributed by atoms with E-state index >= 15 is 0 Å². The number of hydrogen-bond acceptors (Lipinski definition) is 3. The second kappa shape index (κ2) is 6.43. The Labute approximate surface area is 117 Å². The third-order valence-electron chi connectivity index (χ3n) is 2.53. The number of nitrogens with zero attached hydrogens (tertiary/aromatic N) is 1. The minimum atomic E-state index is -0.0621. The number of nitrogens with two attached hydrogens (primary N) is 1. The smallest absolute Gasteiger partial charge is 0.140 e. The van der Waals surface area contributed by atoms with Gasteiger partial charge in [0.2, 0.25) is 0 Å². The summed E-state index contributed by atoms with van der Waals surface area (Å²) in [4.78, 5) is 16.1. The third-order valence-corrected chi connectivity index (χ3v) is 3.00. The number of aromatic nitrogens is 1. The second-order valence-corrected chi connectivity index (χ2v) is 6.83. The molecule has 0 bridgehead atoms. The fourth-order valence-corrected chi connectivity index (χ4v) is 2.17. The fraction of sp³-hybridized carbons (Fsp3) is 0.571. The summed E-state index contributed by atoms with van der Waals surface area (Å²) in [5.41, 5.74) is 6.95. The molecule has 1 aromatic rings. The van der Waals surface area contributed by atoms with Gasteiger partial charge in [-0.1, -0.05) is 20.8 Å². The zero-order chi connectivity index (χ0) is 13.8. The van der Waals surface area contributed by atoms with Crippen molar-refractivity contribution < 1.29 is 4.79 Å². The Kier molecular flexibility index (Phi) is 5.47. The summed E-state index contributed by atoms with van der Waals surface area (Å²) in [6, 6.07) is 3.69. The van der Waals surface area contributed by atoms with Crippen molar-refractivity contribution in [2.45, 2.75) is 46.1 Å². The van der Waals surface area contributed by atoms with Crippen molar-refractivity contribution in [3.8, 4) is 0 Å². The van der Waals surface area contributed by atoms with Crippen molar-refractivity contribution in [1.29, 1.82) is 0 Å². The van der Waals surface area contributed by atoms with Gasteiger partial charge < -0.3 is 5.73 Å². The number of rotatable bonds is 5. The third kappa shape index (κ3) is 6.26. The van der Waals surface area contributed by atoms with E-state index in [9.17, 15) is 4.79 Å². The molecule has 0 spiro atoms. The molecule has 0 aromatic carbocycles. The Balaban J connectivity index is 2.44. The topological polar surface area (TPSA) is 56.0 Å². The standard InChI is InChI=1S/C14H21BrN2O/c1-14(2,3)8-11(16)6-13(18)7-12-5-4-10(15)9-17-12/h4-5,9,11H,6-8,16H2,1-3H3. The van der Waals surface area contributed by atoms with Crippen LogP contribution in [-0.2, 0) is 11.2 Å². The van der Waals surface area contributed by atoms with E-state index in [0.717, 1.165) is 16.6 Å². The minimum Gasteiger partial charge on any atom is -0.327 e. The monoisotopic (exact) mass is 312 g/mol. The molecule has 100 valence electrons. The highest BCUT2D eigenvalue weighted by Gasteiger charge is 2.18. The van der Waals surface area contributed by atoms with E-state index in [1.54, 1.807) is 6.20 Å². The molecule has 18 heavy (non-hydrogen) atoms. The summed E-state index contributed by atoms with van der Waals surface area (Å²) in [6.07, 6.45) is 3.35. The van der Waals surface area contributed by atoms with Crippen LogP contribution >= 0.6 is 15.9 Å². The first-order chi connectivity index (χ1) is 8.26. The average Bonchev–Trinajstić information content (AvgIpc) is 2.18. The zero-order valence-corrected chi connectivity index (χ0v) is 12.8. The van der Waals surface area contributed by atoms with Crippen molar-refractivity contribution in [2.75, 3.05) is 0 Å². The quantitative estimate of drug-likeness (QED) is 0.909. The van der Waals surface area contributed by atoms with Crippen LogP contribution in [0.1, 0.15) is 39.3 Å². The van der Waals surface area contributed by atoms with Gasteiger partial charge in [-0.2, -0.15) is 0 Å². The van der Waals surface area contributed by atoms with Gasteiger partial charge in [0, 0.05) is 35.2 Å². The number of hydrogen-bond donors (Lipinski definition) is 1. The number of pyridine rings is 1.